The van der Waals surface area contributed by atoms with Crippen molar-refractivity contribution >= 4 is 23.0 Å². The van der Waals surface area contributed by atoms with Crippen molar-refractivity contribution in [2.24, 2.45) is 0 Å². The van der Waals surface area contributed by atoms with E-state index in [9.17, 15) is 18.4 Å². The third-order valence-electron chi connectivity index (χ3n) is 3.04. The van der Waals surface area contributed by atoms with Gasteiger partial charge in [-0.1, -0.05) is 18.2 Å². The van der Waals surface area contributed by atoms with Crippen molar-refractivity contribution in [2.75, 3.05) is 0 Å². The molecule has 0 aliphatic carbocycles. The molecule has 1 aromatic heterocycles. The Morgan fingerprint density at radius 2 is 1.88 bits per heavy atom. The smallest absolute Gasteiger partial charge is 0.408 e. The minimum absolute atomic E-state index is 0.296. The molecule has 0 radical (unpaired) electrons. The number of furan rings is 1. The molecule has 24 heavy (non-hydrogen) atoms. The summed E-state index contributed by atoms with van der Waals surface area (Å²) in [6.45, 7) is 4.66. The highest BCUT2D eigenvalue weighted by atomic mass is 19.3. The quantitative estimate of drug-likeness (QED) is 0.885. The Morgan fingerprint density at radius 1 is 1.25 bits per heavy atom. The van der Waals surface area contributed by atoms with Crippen LogP contribution in [0.3, 0.4) is 0 Å². The summed E-state index contributed by atoms with van der Waals surface area (Å²) in [5.41, 5.74) is -0.634. The molecule has 6 nitrogen and oxygen atoms in total. The number of fused-ring (bicyclic) bond motifs is 1. The van der Waals surface area contributed by atoms with Crippen molar-refractivity contribution in [1.82, 2.24) is 5.32 Å². The number of carboxylic acids is 1. The Kier molecular flexibility index (Phi) is 4.50. The van der Waals surface area contributed by atoms with Gasteiger partial charge in [0.15, 0.2) is 6.04 Å². The van der Waals surface area contributed by atoms with Gasteiger partial charge in [-0.2, -0.15) is 8.78 Å². The van der Waals surface area contributed by atoms with Crippen LogP contribution in [0.2, 0.25) is 0 Å². The highest BCUT2D eigenvalue weighted by Crippen LogP contribution is 2.35. The second-order valence-corrected chi connectivity index (χ2v) is 6.19. The summed E-state index contributed by atoms with van der Waals surface area (Å²) in [5, 5.41) is 11.2. The number of carbonyl (C=O) groups excluding carboxylic acids is 1. The number of alkyl halides is 2. The van der Waals surface area contributed by atoms with Gasteiger partial charge < -0.3 is 19.6 Å². The second kappa shape index (κ2) is 6.10. The van der Waals surface area contributed by atoms with Crippen molar-refractivity contribution in [3.05, 3.63) is 36.1 Å². The molecule has 2 aromatic rings. The summed E-state index contributed by atoms with van der Waals surface area (Å²) in [6, 6.07) is 5.52. The first-order valence-electron chi connectivity index (χ1n) is 7.10. The van der Waals surface area contributed by atoms with Gasteiger partial charge in [0, 0.05) is 5.39 Å². The van der Waals surface area contributed by atoms with Gasteiger partial charge in [-0.3, -0.25) is 0 Å². The lowest BCUT2D eigenvalue weighted by Crippen LogP contribution is -2.46. The van der Waals surface area contributed by atoms with Crippen LogP contribution in [0, 0.1) is 0 Å². The van der Waals surface area contributed by atoms with Crippen LogP contribution in [0.1, 0.15) is 32.6 Å². The van der Waals surface area contributed by atoms with Gasteiger partial charge in [-0.25, -0.2) is 9.59 Å². The highest BCUT2D eigenvalue weighted by Gasteiger charge is 2.51. The Morgan fingerprint density at radius 3 is 2.42 bits per heavy atom. The molecule has 1 aromatic carbocycles. The monoisotopic (exact) mass is 341 g/mol. The maximum atomic E-state index is 14.1. The molecule has 1 atom stereocenters. The van der Waals surface area contributed by atoms with Gasteiger partial charge in [0.05, 0.1) is 0 Å². The van der Waals surface area contributed by atoms with Crippen molar-refractivity contribution in [2.45, 2.75) is 38.3 Å². The lowest BCUT2D eigenvalue weighted by atomic mass is 10.1. The summed E-state index contributed by atoms with van der Waals surface area (Å²) in [5.74, 6) is -7.05. The summed E-state index contributed by atoms with van der Waals surface area (Å²) in [6.07, 6.45) is -1.17. The van der Waals surface area contributed by atoms with E-state index in [1.807, 2.05) is 5.32 Å². The molecule has 1 amide bonds. The number of carbonyl (C=O) groups is 2. The zero-order valence-electron chi connectivity index (χ0n) is 13.3. The van der Waals surface area contributed by atoms with Crippen LogP contribution in [0.25, 0.3) is 11.0 Å². The number of alkyl carbamates (subject to hydrolysis) is 1. The number of ether oxygens (including phenoxy) is 1. The normalized spacial score (nSPS) is 13.5. The summed E-state index contributed by atoms with van der Waals surface area (Å²) in [4.78, 5) is 22.8. The Hall–Kier alpha value is -2.64. The maximum absolute atomic E-state index is 14.1. The number of rotatable bonds is 4. The van der Waals surface area contributed by atoms with Crippen LogP contribution in [-0.4, -0.2) is 28.7 Å². The summed E-state index contributed by atoms with van der Waals surface area (Å²) in [7, 11) is 0. The number of nitrogens with one attached hydrogen (secondary N) is 1. The van der Waals surface area contributed by atoms with Crippen LogP contribution in [0.4, 0.5) is 13.6 Å². The Bertz CT molecular complexity index is 730. The molecule has 0 spiro atoms. The molecular weight excluding hydrogens is 324 g/mol. The minimum atomic E-state index is -4.29. The fraction of sp³-hybridized carbons (Fsp3) is 0.375. The van der Waals surface area contributed by atoms with Crippen molar-refractivity contribution < 1.29 is 32.6 Å². The van der Waals surface area contributed by atoms with E-state index < -0.39 is 29.6 Å². The third kappa shape index (κ3) is 3.81. The summed E-state index contributed by atoms with van der Waals surface area (Å²) < 4.78 is 38.4. The zero-order chi connectivity index (χ0) is 18.1. The van der Waals surface area contributed by atoms with Crippen LogP contribution in [0.5, 0.6) is 0 Å². The van der Waals surface area contributed by atoms with Gasteiger partial charge in [-0.05, 0) is 32.9 Å². The molecule has 1 unspecified atom stereocenters. The van der Waals surface area contributed by atoms with E-state index in [4.69, 9.17) is 14.3 Å². The molecule has 0 aliphatic heterocycles. The number of amides is 1. The number of aliphatic carboxylic acids is 1. The summed E-state index contributed by atoms with van der Waals surface area (Å²) >= 11 is 0. The van der Waals surface area contributed by atoms with Crippen molar-refractivity contribution in [3.8, 4) is 0 Å². The molecule has 130 valence electrons. The number of carboxylic acid groups (broad SMARTS) is 1. The molecule has 8 heteroatoms. The maximum Gasteiger partial charge on any atom is 0.408 e. The lowest BCUT2D eigenvalue weighted by molar-refractivity contribution is -0.170. The first-order chi connectivity index (χ1) is 11.0. The fourth-order valence-electron chi connectivity index (χ4n) is 2.03. The molecule has 0 aliphatic rings. The fourth-order valence-corrected chi connectivity index (χ4v) is 2.03. The highest BCUT2D eigenvalue weighted by molar-refractivity contribution is 5.81. The third-order valence-corrected chi connectivity index (χ3v) is 3.04. The number of hydrogen-bond acceptors (Lipinski definition) is 4. The van der Waals surface area contributed by atoms with Crippen LogP contribution in [0.15, 0.2) is 34.7 Å². The van der Waals surface area contributed by atoms with Gasteiger partial charge in [-0.15, -0.1) is 0 Å². The Labute approximate surface area is 136 Å². The predicted octanol–water partition coefficient (Wildman–Crippen LogP) is 3.72. The van der Waals surface area contributed by atoms with Crippen molar-refractivity contribution in [3.63, 3.8) is 0 Å². The first-order valence-corrected chi connectivity index (χ1v) is 7.10. The molecule has 2 N–H and O–H groups in total. The first kappa shape index (κ1) is 17.7. The number of hydrogen-bond donors (Lipinski definition) is 2. The van der Waals surface area contributed by atoms with Crippen molar-refractivity contribution in [1.29, 1.82) is 0 Å². The molecule has 2 rings (SSSR count). The Balaban J connectivity index is 2.39. The van der Waals surface area contributed by atoms with E-state index in [0.717, 1.165) is 0 Å². The minimum Gasteiger partial charge on any atom is -0.477 e. The average Bonchev–Trinajstić information content (AvgIpc) is 2.85. The second-order valence-electron chi connectivity index (χ2n) is 6.19. The topological polar surface area (TPSA) is 88.8 Å². The molecule has 0 fully saturated rings. The van der Waals surface area contributed by atoms with Gasteiger partial charge in [0.25, 0.3) is 0 Å². The van der Waals surface area contributed by atoms with E-state index in [0.29, 0.717) is 11.0 Å². The largest absolute Gasteiger partial charge is 0.477 e. The number of benzene rings is 1. The molecule has 0 bridgehead atoms. The van der Waals surface area contributed by atoms with E-state index >= 15 is 0 Å². The van der Waals surface area contributed by atoms with Gasteiger partial charge in [0.1, 0.15) is 16.9 Å². The van der Waals surface area contributed by atoms with E-state index in [2.05, 4.69) is 0 Å². The van der Waals surface area contributed by atoms with E-state index in [1.165, 1.54) is 6.07 Å². The average molecular weight is 341 g/mol. The van der Waals surface area contributed by atoms with Gasteiger partial charge in [0.2, 0.25) is 0 Å². The standard InChI is InChI=1S/C16H17F2NO5/c1-15(2,3)24-14(22)19-12(16(17,18)13(20)21)11-8-9-6-4-5-7-10(9)23-11/h4-8,12H,1-3H3,(H,19,22)(H,20,21). The molecule has 1 heterocycles. The molecule has 0 saturated heterocycles. The number of halogens is 2. The SMILES string of the molecule is CC(C)(C)OC(=O)NC(c1cc2ccccc2o1)C(F)(F)C(=O)O. The zero-order valence-corrected chi connectivity index (χ0v) is 13.3. The molecular formula is C16H17F2NO5. The van der Waals surface area contributed by atoms with Gasteiger partial charge >= 0.3 is 18.0 Å². The molecule has 0 saturated carbocycles. The van der Waals surface area contributed by atoms with Crippen LogP contribution >= 0.6 is 0 Å². The number of para-hydroxylation sites is 1. The van der Waals surface area contributed by atoms with E-state index in [-0.39, 0.29) is 5.76 Å². The van der Waals surface area contributed by atoms with E-state index in [1.54, 1.807) is 45.0 Å². The van der Waals surface area contributed by atoms with Crippen LogP contribution in [-0.2, 0) is 9.53 Å². The van der Waals surface area contributed by atoms with Crippen LogP contribution < -0.4 is 5.32 Å². The lowest BCUT2D eigenvalue weighted by Gasteiger charge is -2.25. The predicted molar refractivity (Wildman–Crippen MR) is 80.9 cm³/mol.